The lowest BCUT2D eigenvalue weighted by Crippen LogP contribution is -2.29. The van der Waals surface area contributed by atoms with Gasteiger partial charge < -0.3 is 10.4 Å². The number of sulfone groups is 1. The van der Waals surface area contributed by atoms with Gasteiger partial charge in [0.1, 0.15) is 11.8 Å². The maximum absolute atomic E-state index is 13.0. The smallest absolute Gasteiger partial charge is 0.255 e. The van der Waals surface area contributed by atoms with E-state index in [-0.39, 0.29) is 21.2 Å². The Balaban J connectivity index is 1.86. The number of nitriles is 1. The largest absolute Gasteiger partial charge is 0.393 e. The number of amides is 1. The lowest BCUT2D eigenvalue weighted by molar-refractivity contribution is 0.102. The monoisotopic (exact) mass is 419 g/mol. The van der Waals surface area contributed by atoms with Crippen LogP contribution in [0.3, 0.4) is 0 Å². The average Bonchev–Trinajstić information content (AvgIpc) is 2.68. The zero-order valence-corrected chi connectivity index (χ0v) is 16.4. The van der Waals surface area contributed by atoms with E-state index in [0.717, 1.165) is 0 Å². The van der Waals surface area contributed by atoms with Gasteiger partial charge >= 0.3 is 0 Å². The molecule has 0 aliphatic heterocycles. The van der Waals surface area contributed by atoms with Gasteiger partial charge in [-0.2, -0.15) is 5.26 Å². The Bertz CT molecular complexity index is 1040. The van der Waals surface area contributed by atoms with Crippen molar-refractivity contribution in [2.45, 2.75) is 41.9 Å². The van der Waals surface area contributed by atoms with E-state index in [2.05, 4.69) is 10.3 Å². The number of nitrogens with one attached hydrogen (secondary N) is 1. The first-order chi connectivity index (χ1) is 13.3. The normalized spacial score (nSPS) is 19.6. The first kappa shape index (κ1) is 20.3. The first-order valence-corrected chi connectivity index (χ1v) is 10.6. The number of rotatable bonds is 4. The van der Waals surface area contributed by atoms with Gasteiger partial charge in [0.25, 0.3) is 5.91 Å². The lowest BCUT2D eigenvalue weighted by Gasteiger charge is -2.25. The molecule has 1 aliphatic carbocycles. The summed E-state index contributed by atoms with van der Waals surface area (Å²) in [7, 11) is -3.73. The highest BCUT2D eigenvalue weighted by molar-refractivity contribution is 7.92. The third-order valence-corrected chi connectivity index (χ3v) is 7.46. The third-order valence-electron chi connectivity index (χ3n) is 4.71. The molecular formula is C19H18ClN3O4S. The number of aromatic nitrogens is 1. The summed E-state index contributed by atoms with van der Waals surface area (Å²) in [5.74, 6) is -0.526. The number of hydrogen-bond acceptors (Lipinski definition) is 6. The molecule has 1 saturated carbocycles. The van der Waals surface area contributed by atoms with E-state index in [4.69, 9.17) is 16.9 Å². The van der Waals surface area contributed by atoms with Crippen LogP contribution in [0.1, 0.15) is 41.7 Å². The summed E-state index contributed by atoms with van der Waals surface area (Å²) >= 11 is 6.13. The zero-order chi connectivity index (χ0) is 20.3. The van der Waals surface area contributed by atoms with Crippen LogP contribution in [0.5, 0.6) is 0 Å². The second-order valence-corrected chi connectivity index (χ2v) is 9.22. The summed E-state index contributed by atoms with van der Waals surface area (Å²) in [6.07, 6.45) is 2.46. The zero-order valence-electron chi connectivity index (χ0n) is 14.8. The van der Waals surface area contributed by atoms with Crippen LogP contribution in [0.25, 0.3) is 0 Å². The number of aliphatic hydroxyl groups excluding tert-OH is 1. The molecule has 1 amide bonds. The van der Waals surface area contributed by atoms with Gasteiger partial charge in [-0.25, -0.2) is 13.4 Å². The van der Waals surface area contributed by atoms with Gasteiger partial charge in [0.15, 0.2) is 9.84 Å². The summed E-state index contributed by atoms with van der Waals surface area (Å²) in [5.41, 5.74) is 0.656. The Labute approximate surface area is 167 Å². The van der Waals surface area contributed by atoms with E-state index in [9.17, 15) is 18.3 Å². The topological polar surface area (TPSA) is 120 Å². The van der Waals surface area contributed by atoms with Crippen LogP contribution in [-0.4, -0.2) is 35.8 Å². The number of aliphatic hydroxyl groups is 1. The van der Waals surface area contributed by atoms with E-state index in [0.29, 0.717) is 31.4 Å². The summed E-state index contributed by atoms with van der Waals surface area (Å²) in [6.45, 7) is 0. The Morgan fingerprint density at radius 3 is 2.61 bits per heavy atom. The molecule has 0 bridgehead atoms. The van der Waals surface area contributed by atoms with Gasteiger partial charge in [-0.05, 0) is 56.0 Å². The molecule has 2 aromatic rings. The third kappa shape index (κ3) is 4.33. The van der Waals surface area contributed by atoms with Crippen molar-refractivity contribution in [3.8, 4) is 6.07 Å². The van der Waals surface area contributed by atoms with Crippen LogP contribution in [0.2, 0.25) is 5.02 Å². The minimum Gasteiger partial charge on any atom is -0.393 e. The molecule has 1 aromatic heterocycles. The van der Waals surface area contributed by atoms with Crippen molar-refractivity contribution in [3.05, 3.63) is 52.8 Å². The summed E-state index contributed by atoms with van der Waals surface area (Å²) in [6, 6.07) is 8.91. The van der Waals surface area contributed by atoms with Crippen molar-refractivity contribution in [2.75, 3.05) is 5.32 Å². The summed E-state index contributed by atoms with van der Waals surface area (Å²) in [5, 5.41) is 20.5. The van der Waals surface area contributed by atoms with Crippen LogP contribution in [0.4, 0.5) is 5.69 Å². The molecule has 7 nitrogen and oxygen atoms in total. The van der Waals surface area contributed by atoms with Crippen molar-refractivity contribution >= 4 is 33.0 Å². The molecule has 3 rings (SSSR count). The van der Waals surface area contributed by atoms with Crippen LogP contribution >= 0.6 is 11.6 Å². The number of nitrogens with zero attached hydrogens (tertiary/aromatic N) is 2. The Hall–Kier alpha value is -2.47. The maximum Gasteiger partial charge on any atom is 0.255 e. The van der Waals surface area contributed by atoms with Crippen molar-refractivity contribution < 1.29 is 18.3 Å². The first-order valence-electron chi connectivity index (χ1n) is 8.70. The van der Waals surface area contributed by atoms with Crippen LogP contribution in [0, 0.1) is 11.3 Å². The Morgan fingerprint density at radius 2 is 1.93 bits per heavy atom. The fraction of sp³-hybridized carbons (Fsp3) is 0.316. The standard InChI is InChI=1S/C19H18ClN3O4S/c20-17-6-1-12(19(25)23-13-7-8-22-14(10-13)11-21)9-18(17)28(26,27)16-4-2-15(24)3-5-16/h1,6-10,15-16,24H,2-5H2,(H,22,23,25). The molecule has 0 saturated heterocycles. The summed E-state index contributed by atoms with van der Waals surface area (Å²) < 4.78 is 26.0. The predicted octanol–water partition coefficient (Wildman–Crippen LogP) is 2.94. The fourth-order valence-electron chi connectivity index (χ4n) is 3.17. The lowest BCUT2D eigenvalue weighted by atomic mass is 9.97. The Kier molecular flexibility index (Phi) is 5.98. The van der Waals surface area contributed by atoms with E-state index >= 15 is 0 Å². The quantitative estimate of drug-likeness (QED) is 0.786. The molecule has 0 radical (unpaired) electrons. The fourth-order valence-corrected chi connectivity index (χ4v) is 5.49. The van der Waals surface area contributed by atoms with E-state index in [1.807, 2.05) is 6.07 Å². The summed E-state index contributed by atoms with van der Waals surface area (Å²) in [4.78, 5) is 16.3. The van der Waals surface area contributed by atoms with Crippen LogP contribution in [-0.2, 0) is 9.84 Å². The minimum atomic E-state index is -3.73. The highest BCUT2D eigenvalue weighted by Gasteiger charge is 2.33. The molecule has 1 heterocycles. The van der Waals surface area contributed by atoms with Gasteiger partial charge in [0.2, 0.25) is 0 Å². The predicted molar refractivity (Wildman–Crippen MR) is 104 cm³/mol. The second-order valence-electron chi connectivity index (χ2n) is 6.62. The highest BCUT2D eigenvalue weighted by Crippen LogP contribution is 2.33. The highest BCUT2D eigenvalue weighted by atomic mass is 35.5. The number of hydrogen-bond donors (Lipinski definition) is 2. The molecule has 0 spiro atoms. The van der Waals surface area contributed by atoms with Crippen molar-refractivity contribution in [1.29, 1.82) is 5.26 Å². The van der Waals surface area contributed by atoms with E-state index < -0.39 is 27.1 Å². The number of pyridine rings is 1. The molecular weight excluding hydrogens is 402 g/mol. The molecule has 0 atom stereocenters. The van der Waals surface area contributed by atoms with Gasteiger partial charge in [-0.3, -0.25) is 4.79 Å². The molecule has 146 valence electrons. The van der Waals surface area contributed by atoms with Crippen molar-refractivity contribution in [1.82, 2.24) is 4.98 Å². The van der Waals surface area contributed by atoms with E-state index in [1.54, 1.807) is 0 Å². The minimum absolute atomic E-state index is 0.0540. The number of halogens is 1. The van der Waals surface area contributed by atoms with E-state index in [1.165, 1.54) is 36.5 Å². The van der Waals surface area contributed by atoms with Gasteiger partial charge in [0.05, 0.1) is 21.3 Å². The van der Waals surface area contributed by atoms with Crippen molar-refractivity contribution in [3.63, 3.8) is 0 Å². The van der Waals surface area contributed by atoms with Gasteiger partial charge in [-0.15, -0.1) is 0 Å². The molecule has 1 aliphatic rings. The molecule has 2 N–H and O–H groups in total. The molecule has 1 aromatic carbocycles. The molecule has 1 fully saturated rings. The maximum atomic E-state index is 13.0. The van der Waals surface area contributed by atoms with Gasteiger partial charge in [0, 0.05) is 17.4 Å². The number of carbonyl (C=O) groups is 1. The molecule has 28 heavy (non-hydrogen) atoms. The van der Waals surface area contributed by atoms with Crippen molar-refractivity contribution in [2.24, 2.45) is 0 Å². The average molecular weight is 420 g/mol. The molecule has 9 heteroatoms. The van der Waals surface area contributed by atoms with Crippen LogP contribution < -0.4 is 5.32 Å². The Morgan fingerprint density at radius 1 is 1.21 bits per heavy atom. The number of benzene rings is 1. The SMILES string of the molecule is N#Cc1cc(NC(=O)c2ccc(Cl)c(S(=O)(=O)C3CCC(O)CC3)c2)ccn1. The second kappa shape index (κ2) is 8.27. The van der Waals surface area contributed by atoms with Crippen LogP contribution in [0.15, 0.2) is 41.4 Å². The number of carbonyl (C=O) groups excluding carboxylic acids is 1. The molecule has 0 unspecified atom stereocenters. The van der Waals surface area contributed by atoms with Gasteiger partial charge in [-0.1, -0.05) is 11.6 Å². The number of anilines is 1.